The first-order valence-electron chi connectivity index (χ1n) is 8.16. The molecule has 0 spiro atoms. The van der Waals surface area contributed by atoms with Crippen molar-refractivity contribution in [3.63, 3.8) is 0 Å². The molecule has 1 N–H and O–H groups in total. The van der Waals surface area contributed by atoms with Crippen LogP contribution in [0.4, 0.5) is 0 Å². The van der Waals surface area contributed by atoms with E-state index >= 15 is 0 Å². The summed E-state index contributed by atoms with van der Waals surface area (Å²) in [7, 11) is 0. The number of halogens is 1. The molecule has 0 saturated carbocycles. The topological polar surface area (TPSA) is 68.3 Å². The van der Waals surface area contributed by atoms with E-state index in [4.69, 9.17) is 16.3 Å². The van der Waals surface area contributed by atoms with E-state index in [1.54, 1.807) is 6.92 Å². The summed E-state index contributed by atoms with van der Waals surface area (Å²) in [6.45, 7) is 4.10. The number of rotatable bonds is 7. The van der Waals surface area contributed by atoms with E-state index in [9.17, 15) is 9.59 Å². The Hall–Kier alpha value is -2.40. The number of ether oxygens (including phenoxy) is 1. The SMILES string of the molecule is CC[C@@H](CNC(=O)[C@@H](C)OC(=O)c1ccc(Cl)nc1)c1ccccc1. The Morgan fingerprint density at radius 3 is 2.52 bits per heavy atom. The fourth-order valence-corrected chi connectivity index (χ4v) is 2.48. The van der Waals surface area contributed by atoms with Crippen LogP contribution in [0.5, 0.6) is 0 Å². The maximum atomic E-state index is 12.2. The van der Waals surface area contributed by atoms with Gasteiger partial charge in [0.25, 0.3) is 5.91 Å². The molecule has 5 nitrogen and oxygen atoms in total. The molecule has 1 heterocycles. The summed E-state index contributed by atoms with van der Waals surface area (Å²) in [4.78, 5) is 28.0. The first kappa shape index (κ1) is 18.9. The number of amides is 1. The molecule has 6 heteroatoms. The van der Waals surface area contributed by atoms with Gasteiger partial charge in [0.15, 0.2) is 6.10 Å². The Morgan fingerprint density at radius 2 is 1.92 bits per heavy atom. The van der Waals surface area contributed by atoms with Gasteiger partial charge in [-0.3, -0.25) is 4.79 Å². The van der Waals surface area contributed by atoms with Gasteiger partial charge in [-0.25, -0.2) is 9.78 Å². The van der Waals surface area contributed by atoms with Crippen LogP contribution in [0.2, 0.25) is 5.15 Å². The second-order valence-corrected chi connectivity index (χ2v) is 6.07. The van der Waals surface area contributed by atoms with Crippen molar-refractivity contribution in [3.8, 4) is 0 Å². The molecule has 0 saturated heterocycles. The fourth-order valence-electron chi connectivity index (χ4n) is 2.37. The Balaban J connectivity index is 1.87. The minimum absolute atomic E-state index is 0.216. The first-order chi connectivity index (χ1) is 12.0. The van der Waals surface area contributed by atoms with Crippen molar-refractivity contribution in [1.82, 2.24) is 10.3 Å². The molecule has 0 aliphatic carbocycles. The highest BCUT2D eigenvalue weighted by Crippen LogP contribution is 2.18. The largest absolute Gasteiger partial charge is 0.449 e. The van der Waals surface area contributed by atoms with Crippen LogP contribution < -0.4 is 5.32 Å². The molecule has 132 valence electrons. The smallest absolute Gasteiger partial charge is 0.340 e. The third-order valence-corrected chi connectivity index (χ3v) is 4.13. The molecule has 0 aliphatic heterocycles. The average Bonchev–Trinajstić information content (AvgIpc) is 2.63. The number of nitrogens with one attached hydrogen (secondary N) is 1. The molecule has 2 atom stereocenters. The summed E-state index contributed by atoms with van der Waals surface area (Å²) >= 11 is 5.68. The maximum absolute atomic E-state index is 12.2. The maximum Gasteiger partial charge on any atom is 0.340 e. The number of nitrogens with zero attached hydrogens (tertiary/aromatic N) is 1. The number of esters is 1. The molecular formula is C19H21ClN2O3. The second kappa shape index (κ2) is 9.18. The first-order valence-corrected chi connectivity index (χ1v) is 8.54. The minimum atomic E-state index is -0.892. The molecule has 2 rings (SSSR count). The van der Waals surface area contributed by atoms with E-state index in [1.165, 1.54) is 23.9 Å². The van der Waals surface area contributed by atoms with E-state index in [-0.39, 0.29) is 22.5 Å². The van der Waals surface area contributed by atoms with E-state index in [0.29, 0.717) is 6.54 Å². The van der Waals surface area contributed by atoms with Gasteiger partial charge < -0.3 is 10.1 Å². The Labute approximate surface area is 152 Å². The third kappa shape index (κ3) is 5.57. The van der Waals surface area contributed by atoms with Crippen molar-refractivity contribution >= 4 is 23.5 Å². The van der Waals surface area contributed by atoms with Crippen LogP contribution in [0.15, 0.2) is 48.7 Å². The number of carbonyl (C=O) groups excluding carboxylic acids is 2. The van der Waals surface area contributed by atoms with E-state index in [1.807, 2.05) is 30.3 Å². The summed E-state index contributed by atoms with van der Waals surface area (Å²) in [6.07, 6.45) is 1.32. The van der Waals surface area contributed by atoms with Gasteiger partial charge in [-0.2, -0.15) is 0 Å². The summed E-state index contributed by atoms with van der Waals surface area (Å²) in [5.41, 5.74) is 1.42. The van der Waals surface area contributed by atoms with Crippen LogP contribution in [0.25, 0.3) is 0 Å². The standard InChI is InChI=1S/C19H21ClN2O3/c1-3-14(15-7-5-4-6-8-15)11-22-18(23)13(2)25-19(24)16-9-10-17(20)21-12-16/h4-10,12-14H,3,11H2,1-2H3,(H,22,23)/t13-,14+/m1/s1. The average molecular weight is 361 g/mol. The third-order valence-electron chi connectivity index (χ3n) is 3.90. The van der Waals surface area contributed by atoms with Crippen molar-refractivity contribution in [2.75, 3.05) is 6.54 Å². The van der Waals surface area contributed by atoms with Crippen molar-refractivity contribution < 1.29 is 14.3 Å². The van der Waals surface area contributed by atoms with Gasteiger partial charge in [0.1, 0.15) is 5.15 Å². The quantitative estimate of drug-likeness (QED) is 0.605. The van der Waals surface area contributed by atoms with Crippen LogP contribution >= 0.6 is 11.6 Å². The van der Waals surface area contributed by atoms with Gasteiger partial charge in [0.05, 0.1) is 5.56 Å². The van der Waals surface area contributed by atoms with Gasteiger partial charge in [-0.1, -0.05) is 48.9 Å². The fraction of sp³-hybridized carbons (Fsp3) is 0.316. The van der Waals surface area contributed by atoms with Crippen molar-refractivity contribution in [2.45, 2.75) is 32.3 Å². The Bertz CT molecular complexity index is 704. The lowest BCUT2D eigenvalue weighted by molar-refractivity contribution is -0.129. The van der Waals surface area contributed by atoms with Crippen LogP contribution in [0.3, 0.4) is 0 Å². The number of benzene rings is 1. The van der Waals surface area contributed by atoms with Crippen LogP contribution in [0.1, 0.15) is 42.1 Å². The molecule has 1 aromatic carbocycles. The molecule has 0 fully saturated rings. The van der Waals surface area contributed by atoms with Crippen molar-refractivity contribution in [2.24, 2.45) is 0 Å². The van der Waals surface area contributed by atoms with E-state index in [2.05, 4.69) is 17.2 Å². The number of hydrogen-bond donors (Lipinski definition) is 1. The van der Waals surface area contributed by atoms with Gasteiger partial charge in [-0.05, 0) is 31.0 Å². The predicted octanol–water partition coefficient (Wildman–Crippen LogP) is 3.59. The van der Waals surface area contributed by atoms with Crippen molar-refractivity contribution in [3.05, 3.63) is 64.9 Å². The van der Waals surface area contributed by atoms with Gasteiger partial charge in [-0.15, -0.1) is 0 Å². The Morgan fingerprint density at radius 1 is 1.20 bits per heavy atom. The zero-order chi connectivity index (χ0) is 18.2. The molecule has 0 bridgehead atoms. The highest BCUT2D eigenvalue weighted by molar-refractivity contribution is 6.29. The highest BCUT2D eigenvalue weighted by Gasteiger charge is 2.20. The predicted molar refractivity (Wildman–Crippen MR) is 96.6 cm³/mol. The van der Waals surface area contributed by atoms with E-state index in [0.717, 1.165) is 6.42 Å². The highest BCUT2D eigenvalue weighted by atomic mass is 35.5. The lowest BCUT2D eigenvalue weighted by Crippen LogP contribution is -2.38. The number of carbonyl (C=O) groups is 2. The number of aromatic nitrogens is 1. The lowest BCUT2D eigenvalue weighted by Gasteiger charge is -2.18. The molecule has 0 unspecified atom stereocenters. The van der Waals surface area contributed by atoms with E-state index < -0.39 is 12.1 Å². The summed E-state index contributed by atoms with van der Waals surface area (Å²) in [6, 6.07) is 13.0. The lowest BCUT2D eigenvalue weighted by atomic mass is 9.96. The molecule has 2 aromatic rings. The van der Waals surface area contributed by atoms with Gasteiger partial charge in [0.2, 0.25) is 0 Å². The molecule has 1 amide bonds. The molecule has 0 aliphatic rings. The van der Waals surface area contributed by atoms with Gasteiger partial charge >= 0.3 is 5.97 Å². The summed E-state index contributed by atoms with van der Waals surface area (Å²) in [5, 5.41) is 3.13. The normalized spacial score (nSPS) is 12.9. The van der Waals surface area contributed by atoms with Gasteiger partial charge in [0, 0.05) is 18.7 Å². The monoisotopic (exact) mass is 360 g/mol. The molecular weight excluding hydrogens is 340 g/mol. The zero-order valence-electron chi connectivity index (χ0n) is 14.2. The minimum Gasteiger partial charge on any atom is -0.449 e. The summed E-state index contributed by atoms with van der Waals surface area (Å²) in [5.74, 6) is -0.722. The van der Waals surface area contributed by atoms with Crippen LogP contribution in [-0.4, -0.2) is 29.5 Å². The second-order valence-electron chi connectivity index (χ2n) is 5.68. The number of pyridine rings is 1. The Kier molecular flexibility index (Phi) is 6.95. The zero-order valence-corrected chi connectivity index (χ0v) is 15.0. The molecule has 0 radical (unpaired) electrons. The van der Waals surface area contributed by atoms with Crippen LogP contribution in [-0.2, 0) is 9.53 Å². The number of hydrogen-bond acceptors (Lipinski definition) is 4. The van der Waals surface area contributed by atoms with Crippen molar-refractivity contribution in [1.29, 1.82) is 0 Å². The van der Waals surface area contributed by atoms with Crippen LogP contribution in [0, 0.1) is 0 Å². The molecule has 1 aromatic heterocycles. The molecule has 25 heavy (non-hydrogen) atoms. The summed E-state index contributed by atoms with van der Waals surface area (Å²) < 4.78 is 5.18.